The molecule has 0 amide bonds. The van der Waals surface area contributed by atoms with E-state index in [2.05, 4.69) is 11.0 Å². The molecule has 1 fully saturated rings. The van der Waals surface area contributed by atoms with Gasteiger partial charge >= 0.3 is 0 Å². The highest BCUT2D eigenvalue weighted by Gasteiger charge is 2.42. The predicted molar refractivity (Wildman–Crippen MR) is 70.8 cm³/mol. The van der Waals surface area contributed by atoms with E-state index in [1.54, 1.807) is 6.07 Å². The van der Waals surface area contributed by atoms with E-state index in [4.69, 9.17) is 9.47 Å². The summed E-state index contributed by atoms with van der Waals surface area (Å²) in [5, 5.41) is 9.85. The average molecular weight is 276 g/mol. The quantitative estimate of drug-likeness (QED) is 0.787. The molecule has 2 aliphatic heterocycles. The number of rotatable bonds is 1. The van der Waals surface area contributed by atoms with Gasteiger partial charge in [-0.3, -0.25) is 4.90 Å². The van der Waals surface area contributed by atoms with Crippen LogP contribution in [-0.2, 0) is 10.3 Å². The summed E-state index contributed by atoms with van der Waals surface area (Å²) in [5.41, 5.74) is 0.0457. The molecule has 2 heterocycles. The zero-order valence-corrected chi connectivity index (χ0v) is 11.3. The first-order valence-electron chi connectivity index (χ1n) is 6.93. The number of hydrogen-bond donors (Lipinski definition) is 0. The highest BCUT2D eigenvalue weighted by atomic mass is 19.1. The van der Waals surface area contributed by atoms with Crippen LogP contribution in [0.4, 0.5) is 4.39 Å². The second kappa shape index (κ2) is 5.39. The largest absolute Gasteiger partial charge is 0.493 e. The molecule has 4 nitrogen and oxygen atoms in total. The zero-order valence-electron chi connectivity index (χ0n) is 11.3. The van der Waals surface area contributed by atoms with Crippen molar-refractivity contribution in [2.45, 2.75) is 18.4 Å². The van der Waals surface area contributed by atoms with Gasteiger partial charge in [-0.15, -0.1) is 0 Å². The summed E-state index contributed by atoms with van der Waals surface area (Å²) in [7, 11) is 0. The highest BCUT2D eigenvalue weighted by Crippen LogP contribution is 2.41. The normalized spacial score (nSPS) is 27.0. The van der Waals surface area contributed by atoms with Gasteiger partial charge in [0.15, 0.2) is 0 Å². The molecule has 1 saturated heterocycles. The molecule has 0 spiro atoms. The molecule has 5 heteroatoms. The zero-order chi connectivity index (χ0) is 14.0. The lowest BCUT2D eigenvalue weighted by molar-refractivity contribution is -0.00764. The van der Waals surface area contributed by atoms with E-state index >= 15 is 0 Å². The van der Waals surface area contributed by atoms with E-state index in [1.807, 2.05) is 0 Å². The fourth-order valence-corrected chi connectivity index (χ4v) is 3.06. The predicted octanol–water partition coefficient (Wildman–Crippen LogP) is 2.05. The van der Waals surface area contributed by atoms with Crippen LogP contribution in [0.25, 0.3) is 0 Å². The van der Waals surface area contributed by atoms with Crippen molar-refractivity contribution in [3.63, 3.8) is 0 Å². The van der Waals surface area contributed by atoms with Crippen LogP contribution in [0.5, 0.6) is 5.75 Å². The molecule has 106 valence electrons. The van der Waals surface area contributed by atoms with Crippen molar-refractivity contribution in [2.24, 2.45) is 0 Å². The lowest BCUT2D eigenvalue weighted by Crippen LogP contribution is -2.50. The minimum Gasteiger partial charge on any atom is -0.493 e. The number of morpholine rings is 1. The van der Waals surface area contributed by atoms with Crippen LogP contribution in [0.2, 0.25) is 0 Å². The molecular weight excluding hydrogens is 259 g/mol. The molecular formula is C15H17FN2O2. The van der Waals surface area contributed by atoms with E-state index in [0.29, 0.717) is 45.1 Å². The van der Waals surface area contributed by atoms with Gasteiger partial charge in [-0.1, -0.05) is 0 Å². The van der Waals surface area contributed by atoms with Crippen molar-refractivity contribution in [1.82, 2.24) is 4.90 Å². The van der Waals surface area contributed by atoms with Crippen molar-refractivity contribution in [3.8, 4) is 11.8 Å². The molecule has 2 aliphatic rings. The van der Waals surface area contributed by atoms with Gasteiger partial charge in [-0.05, 0) is 25.0 Å². The second-order valence-electron chi connectivity index (χ2n) is 5.16. The van der Waals surface area contributed by atoms with Gasteiger partial charge in [-0.2, -0.15) is 5.26 Å². The number of nitriles is 1. The molecule has 1 aromatic carbocycles. The monoisotopic (exact) mass is 276 g/mol. The van der Waals surface area contributed by atoms with Crippen LogP contribution in [0.15, 0.2) is 18.2 Å². The Hall–Kier alpha value is -1.64. The van der Waals surface area contributed by atoms with Crippen molar-refractivity contribution in [1.29, 1.82) is 5.26 Å². The maximum absolute atomic E-state index is 13.4. The number of halogens is 1. The van der Waals surface area contributed by atoms with E-state index in [9.17, 15) is 9.65 Å². The first-order valence-corrected chi connectivity index (χ1v) is 6.93. The minimum atomic E-state index is -0.733. The third-order valence-corrected chi connectivity index (χ3v) is 4.07. The molecule has 0 aromatic heterocycles. The lowest BCUT2D eigenvalue weighted by Gasteiger charge is -2.40. The van der Waals surface area contributed by atoms with Gasteiger partial charge in [0.25, 0.3) is 0 Å². The summed E-state index contributed by atoms with van der Waals surface area (Å²) in [6.07, 6.45) is 1.48. The first-order chi connectivity index (χ1) is 9.76. The molecule has 1 aromatic rings. The third kappa shape index (κ3) is 2.15. The smallest absolute Gasteiger partial charge is 0.138 e. The molecule has 0 saturated carbocycles. The molecule has 0 bridgehead atoms. The maximum atomic E-state index is 13.4. The minimum absolute atomic E-state index is 0.334. The molecule has 1 atom stereocenters. The summed E-state index contributed by atoms with van der Waals surface area (Å²) >= 11 is 0. The van der Waals surface area contributed by atoms with Crippen LogP contribution in [0, 0.1) is 17.1 Å². The van der Waals surface area contributed by atoms with E-state index in [1.165, 1.54) is 12.1 Å². The van der Waals surface area contributed by atoms with Gasteiger partial charge in [0.1, 0.15) is 17.1 Å². The van der Waals surface area contributed by atoms with Gasteiger partial charge < -0.3 is 9.47 Å². The fourth-order valence-electron chi connectivity index (χ4n) is 3.06. The van der Waals surface area contributed by atoms with Crippen molar-refractivity contribution >= 4 is 0 Å². The Morgan fingerprint density at radius 1 is 1.25 bits per heavy atom. The Balaban J connectivity index is 2.08. The Morgan fingerprint density at radius 3 is 2.80 bits per heavy atom. The molecule has 3 rings (SSSR count). The molecule has 0 aliphatic carbocycles. The third-order valence-electron chi connectivity index (χ3n) is 4.07. The van der Waals surface area contributed by atoms with Gasteiger partial charge in [0.05, 0.1) is 25.9 Å². The van der Waals surface area contributed by atoms with Gasteiger partial charge in [0.2, 0.25) is 0 Å². The number of nitrogens with zero attached hydrogens (tertiary/aromatic N) is 2. The van der Waals surface area contributed by atoms with E-state index in [-0.39, 0.29) is 5.82 Å². The molecule has 20 heavy (non-hydrogen) atoms. The number of fused-ring (bicyclic) bond motifs is 1. The van der Waals surface area contributed by atoms with E-state index < -0.39 is 5.54 Å². The van der Waals surface area contributed by atoms with Gasteiger partial charge in [0, 0.05) is 24.7 Å². The Morgan fingerprint density at radius 2 is 2.05 bits per heavy atom. The highest BCUT2D eigenvalue weighted by molar-refractivity contribution is 5.44. The van der Waals surface area contributed by atoms with E-state index in [0.717, 1.165) is 12.0 Å². The summed E-state index contributed by atoms with van der Waals surface area (Å²) in [6, 6.07) is 6.94. The standard InChI is InChI=1S/C15H17FN2O2/c16-12-2-3-13-14(10-12)20-7-1-4-15(13,11-17)18-5-8-19-9-6-18/h2-3,10H,1,4-9H2. The maximum Gasteiger partial charge on any atom is 0.138 e. The van der Waals surface area contributed by atoms with Crippen LogP contribution in [0.3, 0.4) is 0 Å². The molecule has 0 radical (unpaired) electrons. The molecule has 1 unspecified atom stereocenters. The van der Waals surface area contributed by atoms with Gasteiger partial charge in [-0.25, -0.2) is 4.39 Å². The fraction of sp³-hybridized carbons (Fsp3) is 0.533. The average Bonchev–Trinajstić information content (AvgIpc) is 2.67. The topological polar surface area (TPSA) is 45.5 Å². The SMILES string of the molecule is N#CC1(N2CCOCC2)CCCOc2cc(F)ccc21. The summed E-state index contributed by atoms with van der Waals surface area (Å²) in [5.74, 6) is 0.162. The van der Waals surface area contributed by atoms with Crippen LogP contribution in [-0.4, -0.2) is 37.8 Å². The van der Waals surface area contributed by atoms with Crippen molar-refractivity contribution in [2.75, 3.05) is 32.9 Å². The Labute approximate surface area is 117 Å². The Bertz CT molecular complexity index is 537. The second-order valence-corrected chi connectivity index (χ2v) is 5.16. The van der Waals surface area contributed by atoms with Crippen LogP contribution < -0.4 is 4.74 Å². The van der Waals surface area contributed by atoms with Crippen molar-refractivity contribution < 1.29 is 13.9 Å². The molecule has 0 N–H and O–H groups in total. The number of hydrogen-bond acceptors (Lipinski definition) is 4. The summed E-state index contributed by atoms with van der Waals surface area (Å²) in [6.45, 7) is 3.20. The Kier molecular flexibility index (Phi) is 3.60. The summed E-state index contributed by atoms with van der Waals surface area (Å²) in [4.78, 5) is 2.14. The van der Waals surface area contributed by atoms with Crippen LogP contribution in [0.1, 0.15) is 18.4 Å². The number of benzene rings is 1. The van der Waals surface area contributed by atoms with Crippen molar-refractivity contribution in [3.05, 3.63) is 29.6 Å². The summed E-state index contributed by atoms with van der Waals surface area (Å²) < 4.78 is 24.4. The first kappa shape index (κ1) is 13.3. The number of ether oxygens (including phenoxy) is 2. The lowest BCUT2D eigenvalue weighted by atomic mass is 9.84. The van der Waals surface area contributed by atoms with Crippen LogP contribution >= 0.6 is 0 Å².